The molecule has 1 N–H and O–H groups in total. The molecule has 0 radical (unpaired) electrons. The molecule has 5 atom stereocenters. The summed E-state index contributed by atoms with van der Waals surface area (Å²) in [6, 6.07) is 6.33. The highest BCUT2D eigenvalue weighted by Crippen LogP contribution is 2.56. The lowest BCUT2D eigenvalue weighted by molar-refractivity contribution is -0.117. The third kappa shape index (κ3) is 4.35. The monoisotopic (exact) mass is 520 g/mol. The van der Waals surface area contributed by atoms with Gasteiger partial charge in [-0.15, -0.1) is 0 Å². The zero-order chi connectivity index (χ0) is 26.6. The van der Waals surface area contributed by atoms with Crippen LogP contribution in [0.15, 0.2) is 36.8 Å². The van der Waals surface area contributed by atoms with Crippen LogP contribution in [0.1, 0.15) is 37.3 Å². The number of pyridine rings is 1. The van der Waals surface area contributed by atoms with E-state index in [9.17, 15) is 9.18 Å². The Kier molecular flexibility index (Phi) is 6.39. The van der Waals surface area contributed by atoms with E-state index in [0.717, 1.165) is 48.9 Å². The van der Waals surface area contributed by atoms with Gasteiger partial charge in [0, 0.05) is 68.5 Å². The molecule has 3 aliphatic rings. The second-order valence-corrected chi connectivity index (χ2v) is 11.4. The molecule has 2 aromatic heterocycles. The van der Waals surface area contributed by atoms with Crippen molar-refractivity contribution in [2.24, 2.45) is 18.9 Å². The second-order valence-electron chi connectivity index (χ2n) is 11.4. The maximum absolute atomic E-state index is 14.5. The molecule has 1 aliphatic carbocycles. The average molecular weight is 521 g/mol. The Bertz CT molecular complexity index is 1350. The van der Waals surface area contributed by atoms with E-state index in [-0.39, 0.29) is 24.3 Å². The molecular weight excluding hydrogens is 483 g/mol. The average Bonchev–Trinajstić information content (AvgIpc) is 3.33. The number of hydrogen-bond donors (Lipinski definition) is 1. The van der Waals surface area contributed by atoms with E-state index in [0.29, 0.717) is 18.3 Å². The molecule has 8 nitrogen and oxygen atoms in total. The minimum Gasteiger partial charge on any atom is -0.376 e. The number of aryl methyl sites for hydroxylation is 2. The van der Waals surface area contributed by atoms with Crippen LogP contribution < -0.4 is 10.2 Å². The van der Waals surface area contributed by atoms with Crippen molar-refractivity contribution in [1.82, 2.24) is 19.7 Å². The molecule has 0 spiro atoms. The molecule has 1 saturated carbocycles. The molecule has 202 valence electrons. The summed E-state index contributed by atoms with van der Waals surface area (Å²) in [6.07, 6.45) is 5.73. The lowest BCUT2D eigenvalue weighted by atomic mass is 9.96. The Hall–Kier alpha value is -3.04. The first-order chi connectivity index (χ1) is 18.3. The quantitative estimate of drug-likeness (QED) is 0.531. The minimum absolute atomic E-state index is 0.0246. The van der Waals surface area contributed by atoms with Crippen molar-refractivity contribution < 1.29 is 13.9 Å². The van der Waals surface area contributed by atoms with Crippen molar-refractivity contribution in [2.75, 3.05) is 49.6 Å². The zero-order valence-corrected chi connectivity index (χ0v) is 22.7. The minimum atomic E-state index is -0.944. The number of carbonyl (C=O) groups excluding carboxylic acids is 1. The molecule has 3 fully saturated rings. The van der Waals surface area contributed by atoms with Gasteiger partial charge >= 0.3 is 0 Å². The molecule has 0 bridgehead atoms. The van der Waals surface area contributed by atoms with Gasteiger partial charge in [-0.25, -0.2) is 9.37 Å². The number of anilines is 2. The fraction of sp³-hybridized carbons (Fsp3) is 0.552. The van der Waals surface area contributed by atoms with Gasteiger partial charge in [0.25, 0.3) is 0 Å². The number of fused-ring (bicyclic) bond motifs is 1. The highest BCUT2D eigenvalue weighted by Gasteiger charge is 2.54. The number of nitrogens with one attached hydrogen (secondary N) is 1. The van der Waals surface area contributed by atoms with Crippen molar-refractivity contribution in [1.29, 1.82) is 0 Å². The molecule has 1 aromatic carbocycles. The fourth-order valence-electron chi connectivity index (χ4n) is 6.61. The molecule has 2 aliphatic heterocycles. The molecule has 9 heteroatoms. The number of nitrogens with zero attached hydrogens (tertiary/aromatic N) is 5. The zero-order valence-electron chi connectivity index (χ0n) is 22.7. The van der Waals surface area contributed by atoms with Gasteiger partial charge in [-0.3, -0.25) is 14.4 Å². The summed E-state index contributed by atoms with van der Waals surface area (Å²) in [5.41, 5.74) is 2.96. The van der Waals surface area contributed by atoms with Gasteiger partial charge < -0.3 is 15.0 Å². The Morgan fingerprint density at radius 1 is 1.18 bits per heavy atom. The van der Waals surface area contributed by atoms with Crippen molar-refractivity contribution in [3.05, 3.63) is 47.9 Å². The molecule has 38 heavy (non-hydrogen) atoms. The molecule has 6 rings (SSSR count). The fourth-order valence-corrected chi connectivity index (χ4v) is 6.61. The van der Waals surface area contributed by atoms with Gasteiger partial charge in [-0.1, -0.05) is 13.3 Å². The number of aromatic nitrogens is 3. The number of piperazine rings is 1. The van der Waals surface area contributed by atoms with Crippen LogP contribution in [-0.4, -0.2) is 76.7 Å². The third-order valence-corrected chi connectivity index (χ3v) is 9.02. The van der Waals surface area contributed by atoms with E-state index in [1.807, 2.05) is 38.6 Å². The summed E-state index contributed by atoms with van der Waals surface area (Å²) in [5, 5.41) is 9.46. The number of ether oxygens (including phenoxy) is 1. The largest absolute Gasteiger partial charge is 0.376 e. The van der Waals surface area contributed by atoms with Gasteiger partial charge in [0.15, 0.2) is 0 Å². The van der Waals surface area contributed by atoms with Crippen molar-refractivity contribution in [2.45, 2.75) is 44.8 Å². The van der Waals surface area contributed by atoms with Gasteiger partial charge in [0.2, 0.25) is 5.91 Å². The Morgan fingerprint density at radius 3 is 2.63 bits per heavy atom. The summed E-state index contributed by atoms with van der Waals surface area (Å²) >= 11 is 0. The number of amides is 1. The van der Waals surface area contributed by atoms with Crippen LogP contribution in [0.3, 0.4) is 0 Å². The number of benzene rings is 1. The van der Waals surface area contributed by atoms with Crippen molar-refractivity contribution in [3.63, 3.8) is 0 Å². The van der Waals surface area contributed by atoms with Crippen LogP contribution in [0.2, 0.25) is 0 Å². The second kappa shape index (κ2) is 9.61. The van der Waals surface area contributed by atoms with Crippen LogP contribution in [0.4, 0.5) is 15.9 Å². The Labute approximate surface area is 223 Å². The summed E-state index contributed by atoms with van der Waals surface area (Å²) < 4.78 is 21.8. The normalized spacial score (nSPS) is 29.7. The van der Waals surface area contributed by atoms with Gasteiger partial charge in [-0.05, 0) is 54.5 Å². The van der Waals surface area contributed by atoms with Crippen molar-refractivity contribution in [3.8, 4) is 0 Å². The number of carbonyl (C=O) groups is 1. The number of rotatable bonds is 6. The first kappa shape index (κ1) is 25.2. The number of alkyl halides is 1. The SMILES string of the molecule is CC[C@H]1[C@H](C(=O)Nc2cc3cc(N4CCN([C@@]5(C)COC[C@H]5F)CC4)c(C)cc3cn2)[C@H]1c1cnn(C)c1. The molecule has 4 heterocycles. The number of hydrogen-bond acceptors (Lipinski definition) is 6. The van der Waals surface area contributed by atoms with E-state index < -0.39 is 11.7 Å². The van der Waals surface area contributed by atoms with Crippen LogP contribution >= 0.6 is 0 Å². The predicted octanol–water partition coefficient (Wildman–Crippen LogP) is 3.90. The van der Waals surface area contributed by atoms with Crippen molar-refractivity contribution >= 4 is 28.2 Å². The van der Waals surface area contributed by atoms with E-state index in [1.165, 1.54) is 11.3 Å². The topological polar surface area (TPSA) is 75.5 Å². The molecule has 0 unspecified atom stereocenters. The van der Waals surface area contributed by atoms with Crippen LogP contribution in [0.5, 0.6) is 0 Å². The van der Waals surface area contributed by atoms with E-state index >= 15 is 0 Å². The van der Waals surface area contributed by atoms with E-state index in [2.05, 4.69) is 51.2 Å². The summed E-state index contributed by atoms with van der Waals surface area (Å²) in [4.78, 5) is 22.4. The lowest BCUT2D eigenvalue weighted by Gasteiger charge is -2.45. The lowest BCUT2D eigenvalue weighted by Crippen LogP contribution is -2.59. The smallest absolute Gasteiger partial charge is 0.229 e. The highest BCUT2D eigenvalue weighted by atomic mass is 19.1. The van der Waals surface area contributed by atoms with Crippen LogP contribution in [-0.2, 0) is 16.6 Å². The summed E-state index contributed by atoms with van der Waals surface area (Å²) in [5.74, 6) is 1.10. The van der Waals surface area contributed by atoms with Gasteiger partial charge in [-0.2, -0.15) is 5.10 Å². The maximum Gasteiger partial charge on any atom is 0.229 e. The molecule has 2 saturated heterocycles. The van der Waals surface area contributed by atoms with Crippen LogP contribution in [0.25, 0.3) is 10.8 Å². The molecule has 1 amide bonds. The highest BCUT2D eigenvalue weighted by molar-refractivity contribution is 5.97. The van der Waals surface area contributed by atoms with E-state index in [4.69, 9.17) is 4.74 Å². The standard InChI is InChI=1S/C29H37FN6O2/c1-5-22-26(21-14-32-34(4)15-21)27(22)28(37)33-25-12-19-11-23(18(2)10-20(19)13-31-25)35-6-8-36(9-7-35)29(3)17-38-16-24(29)30/h10-15,22,24,26-27H,5-9,16-17H2,1-4H3,(H,31,33,37)/t22-,24-,26+,27+,29+/m1/s1. The first-order valence-corrected chi connectivity index (χ1v) is 13.7. The number of halogens is 1. The Morgan fingerprint density at radius 2 is 1.97 bits per heavy atom. The van der Waals surface area contributed by atoms with E-state index in [1.54, 1.807) is 4.68 Å². The first-order valence-electron chi connectivity index (χ1n) is 13.7. The van der Waals surface area contributed by atoms with Crippen LogP contribution in [0, 0.1) is 18.8 Å². The van der Waals surface area contributed by atoms with Gasteiger partial charge in [0.1, 0.15) is 12.0 Å². The Balaban J connectivity index is 1.16. The summed E-state index contributed by atoms with van der Waals surface area (Å²) in [6.45, 7) is 10.1. The molecular formula is C29H37FN6O2. The predicted molar refractivity (Wildman–Crippen MR) is 146 cm³/mol. The maximum atomic E-state index is 14.5. The summed E-state index contributed by atoms with van der Waals surface area (Å²) in [7, 11) is 1.90. The third-order valence-electron chi connectivity index (χ3n) is 9.02. The van der Waals surface area contributed by atoms with Gasteiger partial charge in [0.05, 0.1) is 24.9 Å². The molecule has 3 aromatic rings.